The zero-order valence-corrected chi connectivity index (χ0v) is 21.2. The average molecular weight is 455 g/mol. The van der Waals surface area contributed by atoms with Gasteiger partial charge in [-0.25, -0.2) is 0 Å². The summed E-state index contributed by atoms with van der Waals surface area (Å²) in [5, 5.41) is 0.231. The van der Waals surface area contributed by atoms with Crippen LogP contribution in [0.3, 0.4) is 0 Å². The molecule has 0 unspecified atom stereocenters. The molecule has 0 fully saturated rings. The number of hydrogen-bond acceptors (Lipinski definition) is 8. The molecule has 0 aromatic heterocycles. The molecule has 0 radical (unpaired) electrons. The van der Waals surface area contributed by atoms with Crippen molar-refractivity contribution in [1.29, 1.82) is 0 Å². The molecule has 9 heteroatoms. The summed E-state index contributed by atoms with van der Waals surface area (Å²) in [7, 11) is -0.0226. The summed E-state index contributed by atoms with van der Waals surface area (Å²) in [6.45, 7) is 19.2. The lowest BCUT2D eigenvalue weighted by Gasteiger charge is -2.36. The lowest BCUT2D eigenvalue weighted by molar-refractivity contribution is -0.0200. The van der Waals surface area contributed by atoms with Crippen molar-refractivity contribution >= 4 is 8.32 Å². The second kappa shape index (κ2) is 19.6. The van der Waals surface area contributed by atoms with Gasteiger partial charge in [0.05, 0.1) is 92.5 Å². The first-order valence-electron chi connectivity index (χ1n) is 10.9. The Hall–Kier alpha value is -0.103. The molecule has 0 bridgehead atoms. The molecule has 30 heavy (non-hydrogen) atoms. The zero-order valence-electron chi connectivity index (χ0n) is 20.2. The molecular formula is C21H46O8Si. The monoisotopic (exact) mass is 454 g/mol. The smallest absolute Gasteiger partial charge is 0.192 e. The van der Waals surface area contributed by atoms with Crippen LogP contribution in [0, 0.1) is 0 Å². The van der Waals surface area contributed by atoms with E-state index in [1.165, 1.54) is 0 Å². The van der Waals surface area contributed by atoms with Crippen molar-refractivity contribution in [3.63, 3.8) is 0 Å². The molecule has 0 aliphatic heterocycles. The standard InChI is InChI=1S/C21H46O8Si/c1-21(2,3)30(5,6)29-20-19-28-18-17-27-16-15-26-14-13-25-12-11-24-10-9-23-8-7-22-4/h7-20H2,1-6H3. The third-order valence-corrected chi connectivity index (χ3v) is 9.33. The molecule has 8 nitrogen and oxygen atoms in total. The van der Waals surface area contributed by atoms with Gasteiger partial charge in [-0.3, -0.25) is 0 Å². The predicted octanol–water partition coefficient (Wildman–Crippen LogP) is 2.75. The van der Waals surface area contributed by atoms with Crippen molar-refractivity contribution in [2.45, 2.75) is 38.9 Å². The van der Waals surface area contributed by atoms with Gasteiger partial charge in [-0.1, -0.05) is 20.8 Å². The Labute approximate surface area is 184 Å². The summed E-state index contributed by atoms with van der Waals surface area (Å²) in [6, 6.07) is 0. The third-order valence-electron chi connectivity index (χ3n) is 4.79. The minimum absolute atomic E-state index is 0.231. The fourth-order valence-electron chi connectivity index (χ4n) is 1.92. The maximum atomic E-state index is 6.05. The van der Waals surface area contributed by atoms with Crippen LogP contribution in [0.2, 0.25) is 18.1 Å². The topological polar surface area (TPSA) is 73.8 Å². The maximum Gasteiger partial charge on any atom is 0.192 e. The van der Waals surface area contributed by atoms with Crippen molar-refractivity contribution in [3.8, 4) is 0 Å². The van der Waals surface area contributed by atoms with Crippen molar-refractivity contribution in [3.05, 3.63) is 0 Å². The quantitative estimate of drug-likeness (QED) is 0.183. The fourth-order valence-corrected chi connectivity index (χ4v) is 2.94. The largest absolute Gasteiger partial charge is 0.414 e. The van der Waals surface area contributed by atoms with E-state index in [4.69, 9.17) is 37.6 Å². The fraction of sp³-hybridized carbons (Fsp3) is 1.00. The van der Waals surface area contributed by atoms with Gasteiger partial charge in [0.15, 0.2) is 8.32 Å². The van der Waals surface area contributed by atoms with E-state index in [1.807, 2.05) is 0 Å². The molecule has 0 rings (SSSR count). The highest BCUT2D eigenvalue weighted by Gasteiger charge is 2.36. The molecule has 0 amide bonds. The van der Waals surface area contributed by atoms with Crippen molar-refractivity contribution < 1.29 is 37.6 Å². The van der Waals surface area contributed by atoms with Crippen LogP contribution in [0.25, 0.3) is 0 Å². The van der Waals surface area contributed by atoms with Gasteiger partial charge in [-0.15, -0.1) is 0 Å². The van der Waals surface area contributed by atoms with Crippen LogP contribution >= 0.6 is 0 Å². The number of hydrogen-bond donors (Lipinski definition) is 0. The van der Waals surface area contributed by atoms with Gasteiger partial charge in [0.25, 0.3) is 0 Å². The van der Waals surface area contributed by atoms with Crippen molar-refractivity contribution in [2.24, 2.45) is 0 Å². The van der Waals surface area contributed by atoms with E-state index in [9.17, 15) is 0 Å². The molecule has 0 aliphatic rings. The summed E-state index contributed by atoms with van der Waals surface area (Å²) in [6.07, 6.45) is 0. The molecule has 0 atom stereocenters. The van der Waals surface area contributed by atoms with Gasteiger partial charge in [-0.2, -0.15) is 0 Å². The van der Waals surface area contributed by atoms with E-state index in [1.54, 1.807) is 7.11 Å². The van der Waals surface area contributed by atoms with E-state index in [-0.39, 0.29) is 5.04 Å². The molecule has 0 spiro atoms. The van der Waals surface area contributed by atoms with E-state index in [0.717, 1.165) is 0 Å². The average Bonchev–Trinajstić information content (AvgIpc) is 2.68. The molecule has 0 saturated heterocycles. The molecule has 0 heterocycles. The number of methoxy groups -OCH3 is 1. The summed E-state index contributed by atoms with van der Waals surface area (Å²) < 4.78 is 43.5. The number of ether oxygens (including phenoxy) is 7. The minimum atomic E-state index is -1.67. The lowest BCUT2D eigenvalue weighted by Crippen LogP contribution is -2.41. The summed E-state index contributed by atoms with van der Waals surface area (Å²) in [4.78, 5) is 0. The SMILES string of the molecule is COCCOCCOCCOCCOCCOCCOCCO[Si](C)(C)C(C)(C)C. The van der Waals surface area contributed by atoms with Gasteiger partial charge in [0.1, 0.15) is 0 Å². The van der Waals surface area contributed by atoms with E-state index in [2.05, 4.69) is 33.9 Å². The summed E-state index contributed by atoms with van der Waals surface area (Å²) >= 11 is 0. The molecule has 0 aromatic rings. The molecular weight excluding hydrogens is 408 g/mol. The Morgan fingerprint density at radius 3 is 1.00 bits per heavy atom. The van der Waals surface area contributed by atoms with Gasteiger partial charge in [0.2, 0.25) is 0 Å². The molecule has 0 saturated carbocycles. The highest BCUT2D eigenvalue weighted by molar-refractivity contribution is 6.74. The van der Waals surface area contributed by atoms with Crippen LogP contribution < -0.4 is 0 Å². The lowest BCUT2D eigenvalue weighted by atomic mass is 10.2. The van der Waals surface area contributed by atoms with Gasteiger partial charge in [0, 0.05) is 7.11 Å². The van der Waals surface area contributed by atoms with Crippen LogP contribution in [-0.2, 0) is 37.6 Å². The second-order valence-electron chi connectivity index (χ2n) is 8.28. The zero-order chi connectivity index (χ0) is 22.6. The van der Waals surface area contributed by atoms with E-state index < -0.39 is 8.32 Å². The highest BCUT2D eigenvalue weighted by atomic mass is 28.4. The van der Waals surface area contributed by atoms with Gasteiger partial charge >= 0.3 is 0 Å². The first kappa shape index (κ1) is 29.9. The Morgan fingerprint density at radius 1 is 0.467 bits per heavy atom. The van der Waals surface area contributed by atoms with Gasteiger partial charge < -0.3 is 37.6 Å². The second-order valence-corrected chi connectivity index (χ2v) is 13.1. The minimum Gasteiger partial charge on any atom is -0.414 e. The number of rotatable bonds is 22. The van der Waals surface area contributed by atoms with Crippen LogP contribution in [-0.4, -0.2) is 108 Å². The van der Waals surface area contributed by atoms with Crippen LogP contribution in [0.15, 0.2) is 0 Å². The Balaban J connectivity index is 3.17. The van der Waals surface area contributed by atoms with E-state index in [0.29, 0.717) is 92.5 Å². The predicted molar refractivity (Wildman–Crippen MR) is 120 cm³/mol. The molecule has 0 aromatic carbocycles. The Morgan fingerprint density at radius 2 is 0.733 bits per heavy atom. The first-order chi connectivity index (χ1) is 14.3. The van der Waals surface area contributed by atoms with Crippen LogP contribution in [0.5, 0.6) is 0 Å². The molecule has 0 aliphatic carbocycles. The summed E-state index contributed by atoms with van der Waals surface area (Å²) in [5.74, 6) is 0. The Bertz CT molecular complexity index is 363. The van der Waals surface area contributed by atoms with Crippen molar-refractivity contribution in [2.75, 3.05) is 99.6 Å². The van der Waals surface area contributed by atoms with E-state index >= 15 is 0 Å². The Kier molecular flexibility index (Phi) is 19.5. The normalized spacial score (nSPS) is 12.6. The van der Waals surface area contributed by atoms with Crippen LogP contribution in [0.1, 0.15) is 20.8 Å². The summed E-state index contributed by atoms with van der Waals surface area (Å²) in [5.41, 5.74) is 0. The first-order valence-corrected chi connectivity index (χ1v) is 13.8. The molecule has 182 valence electrons. The van der Waals surface area contributed by atoms with Gasteiger partial charge in [-0.05, 0) is 18.1 Å². The van der Waals surface area contributed by atoms with Crippen molar-refractivity contribution in [1.82, 2.24) is 0 Å². The third kappa shape index (κ3) is 18.6. The molecule has 0 N–H and O–H groups in total. The maximum absolute atomic E-state index is 6.05. The highest BCUT2D eigenvalue weighted by Crippen LogP contribution is 2.36. The van der Waals surface area contributed by atoms with Crippen LogP contribution in [0.4, 0.5) is 0 Å².